The van der Waals surface area contributed by atoms with Crippen LogP contribution in [-0.4, -0.2) is 27.7 Å². The maximum Gasteiger partial charge on any atom is 0.313 e. The Morgan fingerprint density at radius 3 is 2.56 bits per heavy atom. The van der Waals surface area contributed by atoms with Gasteiger partial charge in [-0.2, -0.15) is 0 Å². The van der Waals surface area contributed by atoms with Gasteiger partial charge >= 0.3 is 11.8 Å². The van der Waals surface area contributed by atoms with Crippen LogP contribution >= 0.6 is 0 Å². The third-order valence-corrected chi connectivity index (χ3v) is 5.45. The Balaban J connectivity index is 1.84. The lowest BCUT2D eigenvalue weighted by atomic mass is 9.91. The molecule has 2 aromatic rings. The average Bonchev–Trinajstić information content (AvgIpc) is 2.68. The molecular formula is C21H26N4O2. The third-order valence-electron chi connectivity index (χ3n) is 5.45. The summed E-state index contributed by atoms with van der Waals surface area (Å²) in [5.74, 6) is -0.727. The number of aromatic nitrogens is 1. The van der Waals surface area contributed by atoms with E-state index in [4.69, 9.17) is 5.73 Å². The molecule has 6 heteroatoms. The second kappa shape index (κ2) is 7.78. The molecule has 1 aliphatic heterocycles. The fourth-order valence-electron chi connectivity index (χ4n) is 3.68. The van der Waals surface area contributed by atoms with E-state index in [0.717, 1.165) is 36.0 Å². The van der Waals surface area contributed by atoms with Gasteiger partial charge < -0.3 is 16.0 Å². The Bertz CT molecular complexity index is 851. The highest BCUT2D eigenvalue weighted by molar-refractivity contribution is 6.39. The first-order valence-corrected chi connectivity index (χ1v) is 9.30. The quantitative estimate of drug-likeness (QED) is 0.798. The average molecular weight is 366 g/mol. The highest BCUT2D eigenvalue weighted by atomic mass is 16.2. The maximum atomic E-state index is 13.0. The van der Waals surface area contributed by atoms with E-state index in [1.807, 2.05) is 51.1 Å². The van der Waals surface area contributed by atoms with Gasteiger partial charge in [-0.1, -0.05) is 30.3 Å². The number of nitrogens with two attached hydrogens (primary N) is 1. The smallest absolute Gasteiger partial charge is 0.313 e. The van der Waals surface area contributed by atoms with Crippen molar-refractivity contribution < 1.29 is 9.59 Å². The van der Waals surface area contributed by atoms with Crippen molar-refractivity contribution in [3.63, 3.8) is 0 Å². The number of pyridine rings is 1. The first kappa shape index (κ1) is 18.9. The largest absolute Gasteiger partial charge is 0.383 e. The van der Waals surface area contributed by atoms with Crippen molar-refractivity contribution >= 4 is 23.3 Å². The minimum absolute atomic E-state index is 0.00887. The monoisotopic (exact) mass is 366 g/mol. The number of piperidine rings is 1. The number of nitrogen functional groups attached to an aromatic ring is 1. The van der Waals surface area contributed by atoms with Crippen LogP contribution in [0.5, 0.6) is 0 Å². The number of likely N-dealkylation sites (tertiary alicyclic amines) is 1. The fraction of sp³-hybridized carbons (Fsp3) is 0.381. The van der Waals surface area contributed by atoms with Gasteiger partial charge in [0.1, 0.15) is 5.82 Å². The van der Waals surface area contributed by atoms with E-state index < -0.39 is 11.8 Å². The number of nitrogens with one attached hydrogen (secondary N) is 1. The number of amides is 2. The van der Waals surface area contributed by atoms with Gasteiger partial charge in [0.15, 0.2) is 0 Å². The normalized spacial score (nSPS) is 19.6. The lowest BCUT2D eigenvalue weighted by Crippen LogP contribution is -2.48. The molecule has 2 amide bonds. The molecule has 0 bridgehead atoms. The summed E-state index contributed by atoms with van der Waals surface area (Å²) in [7, 11) is 0. The summed E-state index contributed by atoms with van der Waals surface area (Å²) in [6.07, 6.45) is 4.28. The van der Waals surface area contributed by atoms with E-state index >= 15 is 0 Å². The Kier molecular flexibility index (Phi) is 5.44. The Morgan fingerprint density at radius 1 is 1.15 bits per heavy atom. The highest BCUT2D eigenvalue weighted by Gasteiger charge is 2.36. The van der Waals surface area contributed by atoms with Gasteiger partial charge in [-0.05, 0) is 56.7 Å². The zero-order chi connectivity index (χ0) is 19.6. The molecule has 1 fully saturated rings. The number of nitrogens with zero attached hydrogens (tertiary/aromatic N) is 2. The Morgan fingerprint density at radius 2 is 1.85 bits per heavy atom. The molecule has 0 unspecified atom stereocenters. The van der Waals surface area contributed by atoms with Gasteiger partial charge in [-0.25, -0.2) is 4.98 Å². The van der Waals surface area contributed by atoms with Crippen LogP contribution in [0.15, 0.2) is 36.5 Å². The standard InChI is InChI=1S/C21H26N4O2/c1-13-8-7-11-18(16-9-5-4-6-10-16)25(13)21(27)20(26)24-17-12-23-19(22)15(3)14(17)2/h4-6,9-10,12-13,18H,7-8,11H2,1-3H3,(H2,22,23)(H,24,26)/t13-,18-/m1/s1. The molecule has 6 nitrogen and oxygen atoms in total. The van der Waals surface area contributed by atoms with Crippen LogP contribution in [-0.2, 0) is 9.59 Å². The van der Waals surface area contributed by atoms with Crippen LogP contribution in [0.25, 0.3) is 0 Å². The summed E-state index contributed by atoms with van der Waals surface area (Å²) in [5.41, 5.74) is 8.99. The number of benzene rings is 1. The van der Waals surface area contributed by atoms with Gasteiger partial charge in [0.25, 0.3) is 0 Å². The maximum absolute atomic E-state index is 13.0. The van der Waals surface area contributed by atoms with E-state index in [0.29, 0.717) is 11.5 Å². The Hall–Kier alpha value is -2.89. The number of hydrogen-bond donors (Lipinski definition) is 2. The van der Waals surface area contributed by atoms with Gasteiger partial charge in [0.05, 0.1) is 17.9 Å². The molecule has 1 saturated heterocycles. The molecule has 27 heavy (non-hydrogen) atoms. The molecule has 2 heterocycles. The molecule has 0 radical (unpaired) electrons. The van der Waals surface area contributed by atoms with Crippen LogP contribution in [0.4, 0.5) is 11.5 Å². The molecule has 0 saturated carbocycles. The minimum atomic E-state index is -0.640. The molecule has 3 rings (SSSR count). The summed E-state index contributed by atoms with van der Waals surface area (Å²) in [6, 6.07) is 9.83. The number of rotatable bonds is 2. The van der Waals surface area contributed by atoms with E-state index in [1.165, 1.54) is 6.20 Å². The summed E-state index contributed by atoms with van der Waals surface area (Å²) in [4.78, 5) is 31.6. The van der Waals surface area contributed by atoms with Crippen LogP contribution in [0.1, 0.15) is 48.9 Å². The molecule has 3 N–H and O–H groups in total. The second-order valence-electron chi connectivity index (χ2n) is 7.18. The van der Waals surface area contributed by atoms with Crippen LogP contribution < -0.4 is 11.1 Å². The van der Waals surface area contributed by atoms with Gasteiger partial charge in [0, 0.05) is 6.04 Å². The van der Waals surface area contributed by atoms with Crippen molar-refractivity contribution in [3.8, 4) is 0 Å². The van der Waals surface area contributed by atoms with E-state index in [-0.39, 0.29) is 12.1 Å². The lowest BCUT2D eigenvalue weighted by Gasteiger charge is -2.40. The molecule has 142 valence electrons. The molecule has 0 spiro atoms. The molecule has 1 aromatic carbocycles. The van der Waals surface area contributed by atoms with E-state index in [1.54, 1.807) is 4.90 Å². The number of carbonyl (C=O) groups is 2. The topological polar surface area (TPSA) is 88.3 Å². The number of hydrogen-bond acceptors (Lipinski definition) is 4. The zero-order valence-electron chi connectivity index (χ0n) is 16.0. The number of carbonyl (C=O) groups excluding carboxylic acids is 2. The molecule has 1 aromatic heterocycles. The first-order chi connectivity index (χ1) is 12.9. The fourth-order valence-corrected chi connectivity index (χ4v) is 3.68. The van der Waals surface area contributed by atoms with Crippen LogP contribution in [0.2, 0.25) is 0 Å². The van der Waals surface area contributed by atoms with Crippen molar-refractivity contribution in [2.75, 3.05) is 11.1 Å². The predicted octanol–water partition coefficient (Wildman–Crippen LogP) is 3.36. The predicted molar refractivity (Wildman–Crippen MR) is 106 cm³/mol. The molecule has 2 atom stereocenters. The first-order valence-electron chi connectivity index (χ1n) is 9.30. The lowest BCUT2D eigenvalue weighted by molar-refractivity contribution is -0.148. The van der Waals surface area contributed by atoms with Crippen molar-refractivity contribution in [2.24, 2.45) is 0 Å². The highest BCUT2D eigenvalue weighted by Crippen LogP contribution is 2.34. The van der Waals surface area contributed by atoms with Crippen molar-refractivity contribution in [2.45, 2.75) is 52.1 Å². The Labute approximate surface area is 159 Å². The SMILES string of the molecule is Cc1c(NC(=O)C(=O)N2[C@H](C)CCC[C@@H]2c2ccccc2)cnc(N)c1C. The zero-order valence-corrected chi connectivity index (χ0v) is 16.0. The molecular weight excluding hydrogens is 340 g/mol. The van der Waals surface area contributed by atoms with Crippen molar-refractivity contribution in [1.29, 1.82) is 0 Å². The van der Waals surface area contributed by atoms with Gasteiger partial charge in [0.2, 0.25) is 0 Å². The summed E-state index contributed by atoms with van der Waals surface area (Å²) < 4.78 is 0. The van der Waals surface area contributed by atoms with Crippen molar-refractivity contribution in [3.05, 3.63) is 53.2 Å². The molecule has 1 aliphatic rings. The third kappa shape index (κ3) is 3.79. The van der Waals surface area contributed by atoms with Gasteiger partial charge in [-0.3, -0.25) is 9.59 Å². The number of anilines is 2. The van der Waals surface area contributed by atoms with E-state index in [2.05, 4.69) is 10.3 Å². The van der Waals surface area contributed by atoms with Gasteiger partial charge in [-0.15, -0.1) is 0 Å². The molecule has 0 aliphatic carbocycles. The van der Waals surface area contributed by atoms with Crippen LogP contribution in [0, 0.1) is 13.8 Å². The van der Waals surface area contributed by atoms with E-state index in [9.17, 15) is 9.59 Å². The summed E-state index contributed by atoms with van der Waals surface area (Å²) in [6.45, 7) is 5.69. The van der Waals surface area contributed by atoms with Crippen molar-refractivity contribution in [1.82, 2.24) is 9.88 Å². The summed E-state index contributed by atoms with van der Waals surface area (Å²) in [5, 5.41) is 2.72. The van der Waals surface area contributed by atoms with Crippen LogP contribution in [0.3, 0.4) is 0 Å². The summed E-state index contributed by atoms with van der Waals surface area (Å²) >= 11 is 0. The second-order valence-corrected chi connectivity index (χ2v) is 7.18. The minimum Gasteiger partial charge on any atom is -0.383 e.